The first-order valence-electron chi connectivity index (χ1n) is 4.85. The van der Waals surface area contributed by atoms with E-state index in [1.807, 2.05) is 0 Å². The molecule has 0 aromatic heterocycles. The van der Waals surface area contributed by atoms with Crippen molar-refractivity contribution in [1.82, 2.24) is 4.90 Å². The van der Waals surface area contributed by atoms with Gasteiger partial charge in [-0.25, -0.2) is 4.79 Å². The number of likely N-dealkylation sites (N-methyl/N-ethyl adjacent to an activating group) is 1. The lowest BCUT2D eigenvalue weighted by molar-refractivity contribution is 0.124. The Morgan fingerprint density at radius 1 is 1.54 bits per heavy atom. The minimum atomic E-state index is -0.297. The van der Waals surface area contributed by atoms with Crippen LogP contribution in [0.25, 0.3) is 0 Å². The first kappa shape index (κ1) is 10.3. The van der Waals surface area contributed by atoms with Gasteiger partial charge in [0.25, 0.3) is 0 Å². The van der Waals surface area contributed by atoms with E-state index in [1.54, 1.807) is 7.05 Å². The molecule has 1 rings (SSSR count). The van der Waals surface area contributed by atoms with Crippen LogP contribution in [0.1, 0.15) is 32.6 Å². The Kier molecular flexibility index (Phi) is 3.54. The van der Waals surface area contributed by atoms with Crippen LogP contribution in [0.3, 0.4) is 0 Å². The first-order chi connectivity index (χ1) is 6.16. The van der Waals surface area contributed by atoms with Crippen molar-refractivity contribution in [1.29, 1.82) is 0 Å². The standard InChI is InChI=1S/C9H18N2O2/c1-3-4-5-6-7-8(10)11(2)9(12)13-7/h7-8H,3-6,10H2,1-2H3. The summed E-state index contributed by atoms with van der Waals surface area (Å²) in [6, 6.07) is 0. The van der Waals surface area contributed by atoms with Crippen LogP contribution in [-0.2, 0) is 4.74 Å². The van der Waals surface area contributed by atoms with Crippen LogP contribution in [0, 0.1) is 0 Å². The highest BCUT2D eigenvalue weighted by Crippen LogP contribution is 2.18. The van der Waals surface area contributed by atoms with Gasteiger partial charge in [-0.15, -0.1) is 0 Å². The average Bonchev–Trinajstić information content (AvgIpc) is 2.34. The summed E-state index contributed by atoms with van der Waals surface area (Å²) < 4.78 is 5.09. The number of nitrogens with two attached hydrogens (primary N) is 1. The van der Waals surface area contributed by atoms with E-state index in [0.717, 1.165) is 12.8 Å². The Bertz CT molecular complexity index is 184. The number of unbranched alkanes of at least 4 members (excludes halogenated alkanes) is 2. The molecule has 0 bridgehead atoms. The predicted octanol–water partition coefficient (Wildman–Crippen LogP) is 1.30. The summed E-state index contributed by atoms with van der Waals surface area (Å²) in [6.07, 6.45) is 3.64. The fourth-order valence-electron chi connectivity index (χ4n) is 1.48. The van der Waals surface area contributed by atoms with Crippen molar-refractivity contribution in [2.75, 3.05) is 7.05 Å². The maximum atomic E-state index is 11.1. The molecule has 1 fully saturated rings. The molecule has 4 heteroatoms. The quantitative estimate of drug-likeness (QED) is 0.673. The van der Waals surface area contributed by atoms with E-state index in [4.69, 9.17) is 10.5 Å². The molecule has 1 saturated heterocycles. The zero-order valence-corrected chi connectivity index (χ0v) is 8.32. The molecule has 2 atom stereocenters. The lowest BCUT2D eigenvalue weighted by Gasteiger charge is -2.15. The van der Waals surface area contributed by atoms with E-state index >= 15 is 0 Å². The van der Waals surface area contributed by atoms with E-state index < -0.39 is 0 Å². The molecule has 4 nitrogen and oxygen atoms in total. The number of rotatable bonds is 4. The molecule has 2 unspecified atom stereocenters. The van der Waals surface area contributed by atoms with Crippen LogP contribution < -0.4 is 5.73 Å². The molecule has 0 aliphatic carbocycles. The molecule has 13 heavy (non-hydrogen) atoms. The Morgan fingerprint density at radius 2 is 2.23 bits per heavy atom. The molecule has 76 valence electrons. The Hall–Kier alpha value is -0.770. The third kappa shape index (κ3) is 2.34. The van der Waals surface area contributed by atoms with E-state index in [-0.39, 0.29) is 18.4 Å². The van der Waals surface area contributed by atoms with Crippen molar-refractivity contribution in [2.24, 2.45) is 5.73 Å². The zero-order valence-electron chi connectivity index (χ0n) is 8.32. The molecule has 0 aromatic rings. The number of ether oxygens (including phenoxy) is 1. The van der Waals surface area contributed by atoms with Gasteiger partial charge in [0.1, 0.15) is 12.3 Å². The minimum absolute atomic E-state index is 0.107. The summed E-state index contributed by atoms with van der Waals surface area (Å²) in [5.74, 6) is 0. The second-order valence-electron chi connectivity index (χ2n) is 3.52. The Morgan fingerprint density at radius 3 is 2.69 bits per heavy atom. The average molecular weight is 186 g/mol. The second kappa shape index (κ2) is 4.46. The van der Waals surface area contributed by atoms with Gasteiger partial charge in [0.05, 0.1) is 0 Å². The summed E-state index contributed by atoms with van der Waals surface area (Å²) in [7, 11) is 1.67. The highest BCUT2D eigenvalue weighted by molar-refractivity contribution is 5.70. The van der Waals surface area contributed by atoms with Crippen molar-refractivity contribution in [2.45, 2.75) is 44.9 Å². The largest absolute Gasteiger partial charge is 0.442 e. The number of nitrogens with zero attached hydrogens (tertiary/aromatic N) is 1. The summed E-state index contributed by atoms with van der Waals surface area (Å²) in [4.78, 5) is 12.5. The summed E-state index contributed by atoms with van der Waals surface area (Å²) in [5, 5.41) is 0. The third-order valence-corrected chi connectivity index (χ3v) is 2.46. The monoisotopic (exact) mass is 186 g/mol. The van der Waals surface area contributed by atoms with Crippen molar-refractivity contribution < 1.29 is 9.53 Å². The van der Waals surface area contributed by atoms with Crippen molar-refractivity contribution in [3.05, 3.63) is 0 Å². The number of amides is 1. The SMILES string of the molecule is CCCCCC1OC(=O)N(C)C1N. The van der Waals surface area contributed by atoms with Gasteiger partial charge in [0.2, 0.25) is 0 Å². The number of hydrogen-bond donors (Lipinski definition) is 1. The maximum absolute atomic E-state index is 11.1. The second-order valence-corrected chi connectivity index (χ2v) is 3.52. The van der Waals surface area contributed by atoms with Crippen molar-refractivity contribution in [3.8, 4) is 0 Å². The molecule has 0 spiro atoms. The first-order valence-corrected chi connectivity index (χ1v) is 4.85. The molecule has 0 aromatic carbocycles. The summed E-state index contributed by atoms with van der Waals surface area (Å²) in [5.41, 5.74) is 5.78. The van der Waals surface area contributed by atoms with Gasteiger partial charge in [-0.05, 0) is 12.8 Å². The van der Waals surface area contributed by atoms with Gasteiger partial charge in [-0.3, -0.25) is 4.90 Å². The Labute approximate surface area is 79.0 Å². The maximum Gasteiger partial charge on any atom is 0.411 e. The van der Waals surface area contributed by atoms with Crippen LogP contribution in [0.2, 0.25) is 0 Å². The lowest BCUT2D eigenvalue weighted by atomic mass is 10.1. The van der Waals surface area contributed by atoms with Crippen LogP contribution >= 0.6 is 0 Å². The molecule has 0 saturated carbocycles. The van der Waals surface area contributed by atoms with E-state index in [9.17, 15) is 4.79 Å². The molecule has 1 aliphatic rings. The number of hydrogen-bond acceptors (Lipinski definition) is 3. The topological polar surface area (TPSA) is 55.6 Å². The fourth-order valence-corrected chi connectivity index (χ4v) is 1.48. The summed E-state index contributed by atoms with van der Waals surface area (Å²) >= 11 is 0. The Balaban J connectivity index is 2.31. The third-order valence-electron chi connectivity index (χ3n) is 2.46. The molecule has 1 heterocycles. The highest BCUT2D eigenvalue weighted by atomic mass is 16.6. The smallest absolute Gasteiger partial charge is 0.411 e. The van der Waals surface area contributed by atoms with Gasteiger partial charge < -0.3 is 10.5 Å². The normalized spacial score (nSPS) is 27.9. The molecule has 2 N–H and O–H groups in total. The number of carbonyl (C=O) groups is 1. The van der Waals surface area contributed by atoms with Crippen molar-refractivity contribution >= 4 is 6.09 Å². The molecular weight excluding hydrogens is 168 g/mol. The van der Waals surface area contributed by atoms with Crippen molar-refractivity contribution in [3.63, 3.8) is 0 Å². The molecule has 0 radical (unpaired) electrons. The minimum Gasteiger partial charge on any atom is -0.442 e. The molecule has 1 amide bonds. The molecule has 1 aliphatic heterocycles. The van der Waals surface area contributed by atoms with Gasteiger partial charge in [-0.1, -0.05) is 19.8 Å². The highest BCUT2D eigenvalue weighted by Gasteiger charge is 2.35. The predicted molar refractivity (Wildman–Crippen MR) is 50.1 cm³/mol. The van der Waals surface area contributed by atoms with Crippen LogP contribution in [0.5, 0.6) is 0 Å². The lowest BCUT2D eigenvalue weighted by Crippen LogP contribution is -2.41. The van der Waals surface area contributed by atoms with Gasteiger partial charge in [-0.2, -0.15) is 0 Å². The van der Waals surface area contributed by atoms with Gasteiger partial charge in [0.15, 0.2) is 0 Å². The summed E-state index contributed by atoms with van der Waals surface area (Å²) in [6.45, 7) is 2.15. The van der Waals surface area contributed by atoms with E-state index in [0.29, 0.717) is 0 Å². The number of carbonyl (C=O) groups excluding carboxylic acids is 1. The van der Waals surface area contributed by atoms with E-state index in [2.05, 4.69) is 6.92 Å². The van der Waals surface area contributed by atoms with Crippen LogP contribution in [0.15, 0.2) is 0 Å². The van der Waals surface area contributed by atoms with E-state index in [1.165, 1.54) is 17.7 Å². The molecular formula is C9H18N2O2. The van der Waals surface area contributed by atoms with Crippen LogP contribution in [0.4, 0.5) is 4.79 Å². The van der Waals surface area contributed by atoms with Gasteiger partial charge in [0, 0.05) is 7.05 Å². The van der Waals surface area contributed by atoms with Gasteiger partial charge >= 0.3 is 6.09 Å². The fraction of sp³-hybridized carbons (Fsp3) is 0.889. The number of cyclic esters (lactones) is 1. The van der Waals surface area contributed by atoms with Crippen LogP contribution in [-0.4, -0.2) is 30.3 Å². The zero-order chi connectivity index (χ0) is 9.84.